The van der Waals surface area contributed by atoms with E-state index in [1.165, 1.54) is 49.5 Å². The summed E-state index contributed by atoms with van der Waals surface area (Å²) in [4.78, 5) is 42.5. The number of carbonyl (C=O) groups is 2. The SMILES string of the molecule is COCCN1C(=O)C(CC(=O)Nc2cc([N+](=O)[O-])ccc2OC)SC1=Nc1ccc(SC(F)F)cc1. The Morgan fingerprint density at radius 3 is 2.61 bits per heavy atom. The van der Waals surface area contributed by atoms with Gasteiger partial charge in [0.1, 0.15) is 11.0 Å². The molecule has 1 unspecified atom stereocenters. The molecule has 0 bridgehead atoms. The van der Waals surface area contributed by atoms with Crippen molar-refractivity contribution in [3.8, 4) is 5.75 Å². The van der Waals surface area contributed by atoms with Crippen LogP contribution in [-0.4, -0.2) is 65.2 Å². The Labute approximate surface area is 213 Å². The highest BCUT2D eigenvalue weighted by molar-refractivity contribution is 8.15. The number of benzene rings is 2. The van der Waals surface area contributed by atoms with Crippen LogP contribution in [0, 0.1) is 10.1 Å². The van der Waals surface area contributed by atoms with E-state index in [9.17, 15) is 28.5 Å². The third-order valence-electron chi connectivity index (χ3n) is 4.86. The first-order valence-corrected chi connectivity index (χ1v) is 12.2. The number of amidine groups is 1. The highest BCUT2D eigenvalue weighted by atomic mass is 32.2. The minimum absolute atomic E-state index is 0.110. The predicted octanol–water partition coefficient (Wildman–Crippen LogP) is 4.52. The molecule has 1 aliphatic heterocycles. The molecule has 36 heavy (non-hydrogen) atoms. The molecule has 1 heterocycles. The molecular weight excluding hydrogens is 518 g/mol. The van der Waals surface area contributed by atoms with E-state index in [1.54, 1.807) is 12.1 Å². The first-order chi connectivity index (χ1) is 17.2. The van der Waals surface area contributed by atoms with Crippen LogP contribution in [0.2, 0.25) is 0 Å². The lowest BCUT2D eigenvalue weighted by atomic mass is 10.2. The zero-order valence-corrected chi connectivity index (χ0v) is 20.8. The van der Waals surface area contributed by atoms with Gasteiger partial charge < -0.3 is 14.8 Å². The molecule has 0 radical (unpaired) electrons. The van der Waals surface area contributed by atoms with Gasteiger partial charge in [0.15, 0.2) is 5.17 Å². The smallest absolute Gasteiger partial charge is 0.288 e. The van der Waals surface area contributed by atoms with Gasteiger partial charge in [-0.2, -0.15) is 8.78 Å². The van der Waals surface area contributed by atoms with Crippen molar-refractivity contribution in [2.75, 3.05) is 32.7 Å². The van der Waals surface area contributed by atoms with Gasteiger partial charge in [-0.15, -0.1) is 0 Å². The van der Waals surface area contributed by atoms with Crippen molar-refractivity contribution in [1.29, 1.82) is 0 Å². The second-order valence-electron chi connectivity index (χ2n) is 7.25. The number of nitro groups is 1. The van der Waals surface area contributed by atoms with E-state index >= 15 is 0 Å². The van der Waals surface area contributed by atoms with Gasteiger partial charge in [0, 0.05) is 30.6 Å². The van der Waals surface area contributed by atoms with Crippen LogP contribution in [-0.2, 0) is 14.3 Å². The molecule has 1 fully saturated rings. The number of methoxy groups -OCH3 is 2. The molecule has 10 nitrogen and oxygen atoms in total. The minimum Gasteiger partial charge on any atom is -0.495 e. The summed E-state index contributed by atoms with van der Waals surface area (Å²) in [6.45, 7) is 0.441. The Morgan fingerprint density at radius 1 is 1.28 bits per heavy atom. The number of nitrogens with one attached hydrogen (secondary N) is 1. The number of ether oxygens (including phenoxy) is 2. The second kappa shape index (κ2) is 12.6. The summed E-state index contributed by atoms with van der Waals surface area (Å²) in [6.07, 6.45) is -0.220. The number of halogens is 2. The van der Waals surface area contributed by atoms with Crippen molar-refractivity contribution in [2.45, 2.75) is 22.3 Å². The number of hydrogen-bond donors (Lipinski definition) is 1. The number of rotatable bonds is 11. The summed E-state index contributed by atoms with van der Waals surface area (Å²) >= 11 is 1.51. The quantitative estimate of drug-likeness (QED) is 0.251. The molecule has 3 rings (SSSR count). The number of carbonyl (C=O) groups excluding carboxylic acids is 2. The van der Waals surface area contributed by atoms with E-state index in [2.05, 4.69) is 10.3 Å². The number of thioether (sulfide) groups is 2. The van der Waals surface area contributed by atoms with Gasteiger partial charge in [0.25, 0.3) is 11.4 Å². The molecule has 192 valence electrons. The Hall–Kier alpha value is -3.23. The highest BCUT2D eigenvalue weighted by Gasteiger charge is 2.39. The monoisotopic (exact) mass is 540 g/mol. The zero-order chi connectivity index (χ0) is 26.2. The van der Waals surface area contributed by atoms with Crippen LogP contribution in [0.25, 0.3) is 0 Å². The number of amides is 2. The Kier molecular flexibility index (Phi) is 9.61. The standard InChI is InChI=1S/C22H22F2N4O6S2/c1-33-10-9-27-20(30)18(36-22(27)25-13-3-6-15(7-4-13)35-21(23)24)12-19(29)26-16-11-14(28(31)32)5-8-17(16)34-2/h3-8,11,18,21H,9-10,12H2,1-2H3,(H,26,29). The van der Waals surface area contributed by atoms with Gasteiger partial charge in [0.05, 0.1) is 36.6 Å². The number of non-ortho nitro benzene ring substituents is 1. The normalized spacial score (nSPS) is 16.6. The lowest BCUT2D eigenvalue weighted by Gasteiger charge is -2.16. The van der Waals surface area contributed by atoms with Crippen molar-refractivity contribution in [1.82, 2.24) is 4.90 Å². The van der Waals surface area contributed by atoms with Crippen molar-refractivity contribution >= 4 is 57.6 Å². The third kappa shape index (κ3) is 7.15. The van der Waals surface area contributed by atoms with E-state index in [0.29, 0.717) is 27.5 Å². The number of alkyl halides is 2. The van der Waals surface area contributed by atoms with Crippen LogP contribution >= 0.6 is 23.5 Å². The van der Waals surface area contributed by atoms with Crippen molar-refractivity contribution in [2.24, 2.45) is 4.99 Å². The van der Waals surface area contributed by atoms with Crippen LogP contribution < -0.4 is 10.1 Å². The van der Waals surface area contributed by atoms with E-state index in [0.717, 1.165) is 11.8 Å². The molecule has 2 aromatic carbocycles. The first kappa shape index (κ1) is 27.4. The van der Waals surface area contributed by atoms with Crippen LogP contribution in [0.4, 0.5) is 25.8 Å². The molecule has 1 N–H and O–H groups in total. The molecule has 0 aliphatic carbocycles. The molecule has 0 aromatic heterocycles. The fraction of sp³-hybridized carbons (Fsp3) is 0.318. The van der Waals surface area contributed by atoms with Gasteiger partial charge in [-0.3, -0.25) is 24.6 Å². The van der Waals surface area contributed by atoms with Gasteiger partial charge in [0.2, 0.25) is 11.8 Å². The summed E-state index contributed by atoms with van der Waals surface area (Å²) in [5.41, 5.74) is 0.340. The molecule has 2 aromatic rings. The van der Waals surface area contributed by atoms with E-state index < -0.39 is 21.8 Å². The molecular formula is C22H22F2N4O6S2. The van der Waals surface area contributed by atoms with Crippen molar-refractivity contribution in [3.05, 3.63) is 52.6 Å². The number of nitrogens with zero attached hydrogens (tertiary/aromatic N) is 3. The van der Waals surface area contributed by atoms with Crippen LogP contribution in [0.1, 0.15) is 6.42 Å². The number of nitro benzene ring substituents is 1. The maximum atomic E-state index is 13.0. The Balaban J connectivity index is 1.76. The molecule has 2 amide bonds. The molecule has 0 saturated carbocycles. The van der Waals surface area contributed by atoms with Gasteiger partial charge in [-0.1, -0.05) is 23.5 Å². The lowest BCUT2D eigenvalue weighted by molar-refractivity contribution is -0.384. The zero-order valence-electron chi connectivity index (χ0n) is 19.2. The number of aliphatic imine (C=N–C) groups is 1. The van der Waals surface area contributed by atoms with E-state index in [-0.39, 0.29) is 42.6 Å². The van der Waals surface area contributed by atoms with Crippen LogP contribution in [0.3, 0.4) is 0 Å². The van der Waals surface area contributed by atoms with Crippen LogP contribution in [0.5, 0.6) is 5.75 Å². The summed E-state index contributed by atoms with van der Waals surface area (Å²) in [5.74, 6) is -3.19. The molecule has 14 heteroatoms. The van der Waals surface area contributed by atoms with Crippen LogP contribution in [0.15, 0.2) is 52.4 Å². The first-order valence-electron chi connectivity index (χ1n) is 10.4. The summed E-state index contributed by atoms with van der Waals surface area (Å²) in [5, 5.41) is 13.2. The van der Waals surface area contributed by atoms with Gasteiger partial charge >= 0.3 is 0 Å². The Bertz CT molecular complexity index is 1150. The molecule has 1 saturated heterocycles. The maximum Gasteiger partial charge on any atom is 0.288 e. The average Bonchev–Trinajstić information content (AvgIpc) is 3.11. The highest BCUT2D eigenvalue weighted by Crippen LogP contribution is 2.34. The summed E-state index contributed by atoms with van der Waals surface area (Å²) in [6, 6.07) is 9.93. The Morgan fingerprint density at radius 2 is 2.00 bits per heavy atom. The molecule has 1 aliphatic rings. The number of anilines is 1. The average molecular weight is 541 g/mol. The number of hydrogen-bond acceptors (Lipinski definition) is 9. The van der Waals surface area contributed by atoms with E-state index in [4.69, 9.17) is 9.47 Å². The van der Waals surface area contributed by atoms with Gasteiger partial charge in [-0.25, -0.2) is 4.99 Å². The minimum atomic E-state index is -2.54. The molecule has 0 spiro atoms. The lowest BCUT2D eigenvalue weighted by Crippen LogP contribution is -2.35. The topological polar surface area (TPSA) is 123 Å². The molecule has 1 atom stereocenters. The summed E-state index contributed by atoms with van der Waals surface area (Å²) in [7, 11) is 2.85. The maximum absolute atomic E-state index is 13.0. The van der Waals surface area contributed by atoms with Crippen molar-refractivity contribution < 1.29 is 32.8 Å². The van der Waals surface area contributed by atoms with E-state index in [1.807, 2.05) is 0 Å². The fourth-order valence-electron chi connectivity index (χ4n) is 3.20. The third-order valence-corrected chi connectivity index (χ3v) is 6.76. The van der Waals surface area contributed by atoms with Crippen molar-refractivity contribution in [3.63, 3.8) is 0 Å². The fourth-order valence-corrected chi connectivity index (χ4v) is 4.89. The second-order valence-corrected chi connectivity index (χ2v) is 9.48. The predicted molar refractivity (Wildman–Crippen MR) is 133 cm³/mol. The summed E-state index contributed by atoms with van der Waals surface area (Å²) < 4.78 is 35.3. The largest absolute Gasteiger partial charge is 0.495 e. The van der Waals surface area contributed by atoms with Gasteiger partial charge in [-0.05, 0) is 30.3 Å².